The first-order valence-corrected chi connectivity index (χ1v) is 6.59. The van der Waals surface area contributed by atoms with Crippen molar-refractivity contribution in [1.29, 1.82) is 5.26 Å². The molecule has 4 nitrogen and oxygen atoms in total. The van der Waals surface area contributed by atoms with Crippen LogP contribution >= 0.6 is 27.3 Å². The summed E-state index contributed by atoms with van der Waals surface area (Å²) in [6.07, 6.45) is 0. The summed E-state index contributed by atoms with van der Waals surface area (Å²) >= 11 is 4.73. The predicted octanol–water partition coefficient (Wildman–Crippen LogP) is 3.46. The van der Waals surface area contributed by atoms with E-state index in [1.807, 2.05) is 24.3 Å². The summed E-state index contributed by atoms with van der Waals surface area (Å²) in [5.74, 6) is 1.30. The predicted molar refractivity (Wildman–Crippen MR) is 73.1 cm³/mol. The number of ether oxygens (including phenoxy) is 2. The maximum absolute atomic E-state index is 8.88. The normalized spacial score (nSPS) is 9.89. The van der Waals surface area contributed by atoms with E-state index in [4.69, 9.17) is 14.7 Å². The molecule has 0 fully saturated rings. The maximum atomic E-state index is 8.88. The number of methoxy groups -OCH3 is 2. The number of nitrogens with zero attached hydrogens (tertiary/aromatic N) is 2. The van der Waals surface area contributed by atoms with Crippen LogP contribution in [0.4, 0.5) is 0 Å². The fourth-order valence-corrected chi connectivity index (χ4v) is 2.84. The smallest absolute Gasteiger partial charge is 0.166 e. The summed E-state index contributed by atoms with van der Waals surface area (Å²) in [5, 5.41) is 9.64. The van der Waals surface area contributed by atoms with Crippen LogP contribution in [-0.4, -0.2) is 19.2 Å². The third-order valence-electron chi connectivity index (χ3n) is 2.32. The number of benzene rings is 1. The molecule has 0 amide bonds. The van der Waals surface area contributed by atoms with E-state index in [1.54, 1.807) is 14.2 Å². The summed E-state index contributed by atoms with van der Waals surface area (Å²) in [4.78, 5) is 4.24. The molecule has 1 aromatic heterocycles. The Kier molecular flexibility index (Phi) is 3.84. The van der Waals surface area contributed by atoms with Gasteiger partial charge < -0.3 is 9.47 Å². The van der Waals surface area contributed by atoms with Crippen molar-refractivity contribution in [3.63, 3.8) is 0 Å². The fraction of sp³-hybridized carbons (Fsp3) is 0.167. The van der Waals surface area contributed by atoms with Crippen LogP contribution in [0.15, 0.2) is 22.0 Å². The maximum Gasteiger partial charge on any atom is 0.166 e. The van der Waals surface area contributed by atoms with Gasteiger partial charge in [-0.25, -0.2) is 4.98 Å². The molecule has 0 atom stereocenters. The molecule has 0 aliphatic heterocycles. The Morgan fingerprint density at radius 1 is 1.28 bits per heavy atom. The van der Waals surface area contributed by atoms with E-state index >= 15 is 0 Å². The lowest BCUT2D eigenvalue weighted by Crippen LogP contribution is -1.90. The molecule has 0 spiro atoms. The number of rotatable bonds is 3. The first-order chi connectivity index (χ1) is 8.69. The number of thiazole rings is 1. The van der Waals surface area contributed by atoms with E-state index in [9.17, 15) is 0 Å². The topological polar surface area (TPSA) is 55.1 Å². The van der Waals surface area contributed by atoms with Crippen LogP contribution in [0.3, 0.4) is 0 Å². The first kappa shape index (κ1) is 12.9. The third-order valence-corrected chi connectivity index (χ3v) is 4.08. The summed E-state index contributed by atoms with van der Waals surface area (Å²) in [7, 11) is 3.17. The van der Waals surface area contributed by atoms with Crippen molar-refractivity contribution in [2.45, 2.75) is 0 Å². The summed E-state index contributed by atoms with van der Waals surface area (Å²) in [6, 6.07) is 7.57. The summed E-state index contributed by atoms with van der Waals surface area (Å²) in [5.41, 5.74) is 1.28. The number of aromatic nitrogens is 1. The standard InChI is InChI=1S/C12H9BrN2O2S/c1-16-9-4-3-7(5-10(9)17-2)12-15-8(6-14)11(13)18-12/h3-5H,1-2H3. The molecule has 1 aromatic carbocycles. The minimum atomic E-state index is 0.393. The Morgan fingerprint density at radius 3 is 2.56 bits per heavy atom. The van der Waals surface area contributed by atoms with E-state index < -0.39 is 0 Å². The molecule has 92 valence electrons. The molecule has 0 saturated heterocycles. The highest BCUT2D eigenvalue weighted by Crippen LogP contribution is 2.36. The molecular weight excluding hydrogens is 316 g/mol. The van der Waals surface area contributed by atoms with Gasteiger partial charge in [-0.2, -0.15) is 5.26 Å². The molecule has 0 aliphatic rings. The van der Waals surface area contributed by atoms with Gasteiger partial charge in [0.25, 0.3) is 0 Å². The molecule has 1 heterocycles. The van der Waals surface area contributed by atoms with Gasteiger partial charge in [-0.3, -0.25) is 0 Å². The van der Waals surface area contributed by atoms with Crippen molar-refractivity contribution in [2.75, 3.05) is 14.2 Å². The Hall–Kier alpha value is -1.58. The van der Waals surface area contributed by atoms with Crippen molar-refractivity contribution < 1.29 is 9.47 Å². The second kappa shape index (κ2) is 5.38. The SMILES string of the molecule is COc1ccc(-c2nc(C#N)c(Br)s2)cc1OC. The number of halogens is 1. The summed E-state index contributed by atoms with van der Waals surface area (Å²) < 4.78 is 11.1. The van der Waals surface area contributed by atoms with Crippen LogP contribution in [-0.2, 0) is 0 Å². The van der Waals surface area contributed by atoms with Gasteiger partial charge in [0.05, 0.1) is 14.2 Å². The van der Waals surface area contributed by atoms with Crippen molar-refractivity contribution in [3.05, 3.63) is 27.7 Å². The van der Waals surface area contributed by atoms with Crippen molar-refractivity contribution in [1.82, 2.24) is 4.98 Å². The molecule has 0 bridgehead atoms. The lowest BCUT2D eigenvalue weighted by Gasteiger charge is -2.07. The van der Waals surface area contributed by atoms with E-state index in [1.165, 1.54) is 11.3 Å². The third kappa shape index (κ3) is 2.33. The molecule has 2 rings (SSSR count). The van der Waals surface area contributed by atoms with E-state index in [-0.39, 0.29) is 0 Å². The first-order valence-electron chi connectivity index (χ1n) is 4.98. The summed E-state index contributed by atoms with van der Waals surface area (Å²) in [6.45, 7) is 0. The molecular formula is C12H9BrN2O2S. The van der Waals surface area contributed by atoms with Crippen LogP contribution < -0.4 is 9.47 Å². The van der Waals surface area contributed by atoms with Crippen LogP contribution in [0.5, 0.6) is 11.5 Å². The number of hydrogen-bond donors (Lipinski definition) is 0. The Bertz CT molecular complexity index is 619. The molecule has 0 aliphatic carbocycles. The quantitative estimate of drug-likeness (QED) is 0.867. The molecule has 0 saturated carbocycles. The number of hydrogen-bond acceptors (Lipinski definition) is 5. The highest BCUT2D eigenvalue weighted by Gasteiger charge is 2.12. The molecule has 0 N–H and O–H groups in total. The zero-order valence-corrected chi connectivity index (χ0v) is 12.1. The highest BCUT2D eigenvalue weighted by molar-refractivity contribution is 9.11. The zero-order chi connectivity index (χ0) is 13.1. The molecule has 18 heavy (non-hydrogen) atoms. The van der Waals surface area contributed by atoms with E-state index in [2.05, 4.69) is 20.9 Å². The van der Waals surface area contributed by atoms with Gasteiger partial charge in [-0.1, -0.05) is 0 Å². The average Bonchev–Trinajstić information content (AvgIpc) is 2.79. The van der Waals surface area contributed by atoms with Crippen LogP contribution in [0.2, 0.25) is 0 Å². The van der Waals surface area contributed by atoms with Crippen LogP contribution in [0, 0.1) is 11.3 Å². The van der Waals surface area contributed by atoms with E-state index in [0.717, 1.165) is 14.4 Å². The van der Waals surface area contributed by atoms with Gasteiger partial charge >= 0.3 is 0 Å². The molecule has 6 heteroatoms. The molecule has 0 unspecified atom stereocenters. The lowest BCUT2D eigenvalue weighted by molar-refractivity contribution is 0.355. The van der Waals surface area contributed by atoms with Crippen LogP contribution in [0.25, 0.3) is 10.6 Å². The van der Waals surface area contributed by atoms with E-state index in [0.29, 0.717) is 17.2 Å². The molecule has 0 radical (unpaired) electrons. The lowest BCUT2D eigenvalue weighted by atomic mass is 10.2. The van der Waals surface area contributed by atoms with Crippen molar-refractivity contribution in [3.8, 4) is 28.1 Å². The minimum absolute atomic E-state index is 0.393. The van der Waals surface area contributed by atoms with Gasteiger partial charge in [0, 0.05) is 5.56 Å². The second-order valence-corrected chi connectivity index (χ2v) is 5.64. The monoisotopic (exact) mass is 324 g/mol. The Morgan fingerprint density at radius 2 is 2.00 bits per heavy atom. The second-order valence-electron chi connectivity index (χ2n) is 3.32. The van der Waals surface area contributed by atoms with Gasteiger partial charge in [-0.05, 0) is 34.1 Å². The Labute approximate surface area is 117 Å². The highest BCUT2D eigenvalue weighted by atomic mass is 79.9. The zero-order valence-electron chi connectivity index (χ0n) is 9.73. The minimum Gasteiger partial charge on any atom is -0.493 e. The van der Waals surface area contributed by atoms with Crippen molar-refractivity contribution >= 4 is 27.3 Å². The van der Waals surface area contributed by atoms with Gasteiger partial charge in [0.2, 0.25) is 0 Å². The van der Waals surface area contributed by atoms with Gasteiger partial charge in [0.15, 0.2) is 17.2 Å². The fourth-order valence-electron chi connectivity index (χ4n) is 1.46. The average molecular weight is 325 g/mol. The Balaban J connectivity index is 2.48. The van der Waals surface area contributed by atoms with Crippen LogP contribution in [0.1, 0.15) is 5.69 Å². The molecule has 2 aromatic rings. The van der Waals surface area contributed by atoms with Gasteiger partial charge in [-0.15, -0.1) is 11.3 Å². The largest absolute Gasteiger partial charge is 0.493 e. The number of nitriles is 1. The van der Waals surface area contributed by atoms with Crippen molar-refractivity contribution in [2.24, 2.45) is 0 Å². The van der Waals surface area contributed by atoms with Gasteiger partial charge in [0.1, 0.15) is 14.9 Å².